The first-order chi connectivity index (χ1) is 20.8. The van der Waals surface area contributed by atoms with Crippen LogP contribution >= 0.6 is 0 Å². The number of fused-ring (bicyclic) bond motifs is 2. The molecule has 2 heterocycles. The fourth-order valence-corrected chi connectivity index (χ4v) is 5.74. The van der Waals surface area contributed by atoms with Crippen molar-refractivity contribution in [1.82, 2.24) is 10.3 Å². The van der Waals surface area contributed by atoms with Crippen molar-refractivity contribution >= 4 is 28.4 Å². The number of nitrogens with zero attached hydrogens (tertiary/aromatic N) is 2. The molecule has 1 saturated carbocycles. The van der Waals surface area contributed by atoms with Crippen molar-refractivity contribution in [3.8, 4) is 11.5 Å². The molecule has 3 aromatic carbocycles. The number of hydrogen-bond donors (Lipinski definition) is 1. The number of ether oxygens (including phenoxy) is 2. The molecule has 1 unspecified atom stereocenters. The van der Waals surface area contributed by atoms with Gasteiger partial charge in [-0.3, -0.25) is 19.5 Å². The molecule has 7 nitrogen and oxygen atoms in total. The average Bonchev–Trinajstić information content (AvgIpc) is 3.03. The number of alkyl halides is 3. The molecule has 1 N–H and O–H groups in total. The lowest BCUT2D eigenvalue weighted by atomic mass is 9.94. The third kappa shape index (κ3) is 6.14. The van der Waals surface area contributed by atoms with Gasteiger partial charge in [0, 0.05) is 28.9 Å². The summed E-state index contributed by atoms with van der Waals surface area (Å²) in [6.07, 6.45) is 1.58. The average molecular weight is 590 g/mol. The summed E-state index contributed by atoms with van der Waals surface area (Å²) in [4.78, 5) is 34.2. The van der Waals surface area contributed by atoms with Gasteiger partial charge in [0.2, 0.25) is 5.91 Å². The van der Waals surface area contributed by atoms with Crippen LogP contribution in [0.4, 0.5) is 18.9 Å². The summed E-state index contributed by atoms with van der Waals surface area (Å²) in [5.41, 5.74) is 0.266. The highest BCUT2D eigenvalue weighted by atomic mass is 19.4. The van der Waals surface area contributed by atoms with Crippen LogP contribution in [0.2, 0.25) is 0 Å². The summed E-state index contributed by atoms with van der Waals surface area (Å²) >= 11 is 0. The first kappa shape index (κ1) is 28.5. The van der Waals surface area contributed by atoms with E-state index in [9.17, 15) is 22.8 Å². The van der Waals surface area contributed by atoms with E-state index in [-0.39, 0.29) is 17.3 Å². The molecule has 1 fully saturated rings. The third-order valence-corrected chi connectivity index (χ3v) is 7.86. The number of nitrogens with one attached hydrogen (secondary N) is 1. The normalized spacial score (nSPS) is 16.0. The van der Waals surface area contributed by atoms with E-state index in [1.165, 1.54) is 24.3 Å². The zero-order valence-corrected chi connectivity index (χ0v) is 23.3. The Morgan fingerprint density at radius 3 is 2.47 bits per heavy atom. The zero-order valence-electron chi connectivity index (χ0n) is 23.3. The predicted octanol–water partition coefficient (Wildman–Crippen LogP) is 6.86. The monoisotopic (exact) mass is 589 g/mol. The topological polar surface area (TPSA) is 80.8 Å². The summed E-state index contributed by atoms with van der Waals surface area (Å²) in [5, 5.41) is 3.83. The third-order valence-electron chi connectivity index (χ3n) is 7.86. The van der Waals surface area contributed by atoms with Crippen molar-refractivity contribution in [1.29, 1.82) is 0 Å². The van der Waals surface area contributed by atoms with Gasteiger partial charge < -0.3 is 14.8 Å². The van der Waals surface area contributed by atoms with Crippen LogP contribution in [0, 0.1) is 0 Å². The van der Waals surface area contributed by atoms with Crippen LogP contribution in [0.3, 0.4) is 0 Å². The molecule has 0 spiro atoms. The van der Waals surface area contributed by atoms with Gasteiger partial charge in [0.15, 0.2) is 11.5 Å². The Balaban J connectivity index is 1.51. The fourth-order valence-electron chi connectivity index (χ4n) is 5.74. The van der Waals surface area contributed by atoms with E-state index < -0.39 is 29.6 Å². The van der Waals surface area contributed by atoms with Crippen molar-refractivity contribution < 1.29 is 32.2 Å². The van der Waals surface area contributed by atoms with E-state index >= 15 is 0 Å². The molecular formula is C33H30F3N3O4. The fraction of sp³-hybridized carbons (Fsp3) is 0.303. The highest BCUT2D eigenvalue weighted by molar-refractivity contribution is 6.10. The summed E-state index contributed by atoms with van der Waals surface area (Å²) in [7, 11) is 0. The van der Waals surface area contributed by atoms with Crippen molar-refractivity contribution in [3.05, 3.63) is 95.7 Å². The molecule has 43 heavy (non-hydrogen) atoms. The lowest BCUT2D eigenvalue weighted by molar-refractivity contribution is -0.137. The van der Waals surface area contributed by atoms with E-state index in [4.69, 9.17) is 9.47 Å². The van der Waals surface area contributed by atoms with E-state index in [0.29, 0.717) is 35.8 Å². The number of benzene rings is 3. The Hall–Kier alpha value is -4.60. The second-order valence-corrected chi connectivity index (χ2v) is 10.8. The zero-order chi connectivity index (χ0) is 30.0. The maximum atomic E-state index is 14.4. The van der Waals surface area contributed by atoms with Crippen LogP contribution in [0.15, 0.2) is 79.0 Å². The number of aromatic nitrogens is 1. The van der Waals surface area contributed by atoms with E-state index in [1.54, 1.807) is 36.5 Å². The molecule has 0 radical (unpaired) electrons. The molecule has 2 aliphatic rings. The Kier molecular flexibility index (Phi) is 7.92. The van der Waals surface area contributed by atoms with Crippen molar-refractivity contribution in [2.24, 2.45) is 0 Å². The van der Waals surface area contributed by atoms with Crippen molar-refractivity contribution in [2.75, 3.05) is 18.1 Å². The summed E-state index contributed by atoms with van der Waals surface area (Å²) in [6.45, 7) is 0.649. The van der Waals surface area contributed by atoms with Crippen LogP contribution in [0.1, 0.15) is 59.6 Å². The van der Waals surface area contributed by atoms with Crippen LogP contribution in [0.25, 0.3) is 10.9 Å². The molecule has 1 aromatic heterocycles. The van der Waals surface area contributed by atoms with Crippen molar-refractivity contribution in [2.45, 2.75) is 50.4 Å². The van der Waals surface area contributed by atoms with Crippen LogP contribution in [-0.4, -0.2) is 36.1 Å². The summed E-state index contributed by atoms with van der Waals surface area (Å²) in [5.74, 6) is -0.326. The maximum absolute atomic E-state index is 14.4. The molecule has 2 amide bonds. The maximum Gasteiger partial charge on any atom is 0.416 e. The number of rotatable bonds is 6. The molecular weight excluding hydrogens is 559 g/mol. The summed E-state index contributed by atoms with van der Waals surface area (Å²) in [6, 6.07) is 16.5. The number of carbonyl (C=O) groups is 2. The molecule has 222 valence electrons. The Labute approximate surface area is 246 Å². The molecule has 1 atom stereocenters. The molecule has 0 bridgehead atoms. The number of pyridine rings is 1. The van der Waals surface area contributed by atoms with E-state index in [1.807, 2.05) is 6.07 Å². The highest BCUT2D eigenvalue weighted by Crippen LogP contribution is 2.38. The lowest BCUT2D eigenvalue weighted by Crippen LogP contribution is -2.47. The molecule has 6 rings (SSSR count). The second kappa shape index (κ2) is 11.9. The van der Waals surface area contributed by atoms with Gasteiger partial charge >= 0.3 is 6.18 Å². The van der Waals surface area contributed by atoms with Crippen LogP contribution in [0.5, 0.6) is 11.5 Å². The minimum Gasteiger partial charge on any atom is -0.486 e. The van der Waals surface area contributed by atoms with Gasteiger partial charge in [-0.15, -0.1) is 0 Å². The minimum absolute atomic E-state index is 0.0650. The molecule has 4 aromatic rings. The SMILES string of the molecule is O=C(NC1CCCCC1)C(c1ccc2ncccc2c1)N(C(=O)c1ccc2c(c1)OCCO2)c1cccc(C(F)(F)F)c1. The van der Waals surface area contributed by atoms with Gasteiger partial charge in [-0.1, -0.05) is 37.5 Å². The smallest absolute Gasteiger partial charge is 0.416 e. The van der Waals surface area contributed by atoms with Gasteiger partial charge in [0.05, 0.1) is 11.1 Å². The van der Waals surface area contributed by atoms with Crippen LogP contribution in [-0.2, 0) is 11.0 Å². The molecule has 10 heteroatoms. The quantitative estimate of drug-likeness (QED) is 0.266. The first-order valence-corrected chi connectivity index (χ1v) is 14.3. The minimum atomic E-state index is -4.66. The van der Waals surface area contributed by atoms with E-state index in [0.717, 1.165) is 54.5 Å². The van der Waals surface area contributed by atoms with E-state index in [2.05, 4.69) is 10.3 Å². The number of amides is 2. The standard InChI is InChI=1S/C33H30F3N3O4/c34-33(35,36)24-7-4-10-26(20-24)39(32(41)23-12-14-28-29(19-23)43-17-16-42-28)30(31(40)38-25-8-2-1-3-9-25)22-11-13-27-21(18-22)6-5-15-37-27/h4-7,10-15,18-20,25,30H,1-3,8-9,16-17H2,(H,38,40). The Morgan fingerprint density at radius 2 is 1.67 bits per heavy atom. The van der Waals surface area contributed by atoms with Gasteiger partial charge in [-0.05, 0) is 73.0 Å². The lowest BCUT2D eigenvalue weighted by Gasteiger charge is -2.34. The van der Waals surface area contributed by atoms with Gasteiger partial charge in [0.1, 0.15) is 19.3 Å². The summed E-state index contributed by atoms with van der Waals surface area (Å²) < 4.78 is 52.9. The highest BCUT2D eigenvalue weighted by Gasteiger charge is 2.37. The Bertz CT molecular complexity index is 1650. The number of halogens is 3. The number of anilines is 1. The van der Waals surface area contributed by atoms with Gasteiger partial charge in [-0.2, -0.15) is 13.2 Å². The predicted molar refractivity (Wildman–Crippen MR) is 155 cm³/mol. The van der Waals surface area contributed by atoms with Gasteiger partial charge in [0.25, 0.3) is 5.91 Å². The van der Waals surface area contributed by atoms with Crippen molar-refractivity contribution in [3.63, 3.8) is 0 Å². The molecule has 1 aliphatic heterocycles. The largest absolute Gasteiger partial charge is 0.486 e. The van der Waals surface area contributed by atoms with Gasteiger partial charge in [-0.25, -0.2) is 0 Å². The number of hydrogen-bond acceptors (Lipinski definition) is 5. The first-order valence-electron chi connectivity index (χ1n) is 14.3. The molecule has 0 saturated heterocycles. The molecule has 1 aliphatic carbocycles. The Morgan fingerprint density at radius 1 is 0.884 bits per heavy atom. The number of carbonyl (C=O) groups excluding carboxylic acids is 2. The second-order valence-electron chi connectivity index (χ2n) is 10.8. The van der Waals surface area contributed by atoms with Crippen LogP contribution < -0.4 is 19.7 Å².